The monoisotopic (exact) mass is 480 g/mol. The van der Waals surface area contributed by atoms with E-state index in [1.165, 1.54) is 11.8 Å². The number of aromatic nitrogens is 2. The zero-order valence-electron chi connectivity index (χ0n) is 16.9. The predicted molar refractivity (Wildman–Crippen MR) is 132 cm³/mol. The van der Waals surface area contributed by atoms with Gasteiger partial charge in [0, 0.05) is 23.0 Å². The van der Waals surface area contributed by atoms with E-state index in [1.807, 2.05) is 58.6 Å². The Hall–Kier alpha value is -3.07. The van der Waals surface area contributed by atoms with Crippen LogP contribution in [0.4, 0.5) is 5.69 Å². The number of ether oxygens (including phenoxy) is 1. The van der Waals surface area contributed by atoms with Gasteiger partial charge in [-0.2, -0.15) is 0 Å². The Morgan fingerprint density at radius 2 is 2.12 bits per heavy atom. The number of hydrogen-bond acceptors (Lipinski definition) is 6. The molecule has 0 saturated heterocycles. The molecule has 0 N–H and O–H groups in total. The van der Waals surface area contributed by atoms with Gasteiger partial charge in [-0.3, -0.25) is 9.69 Å². The van der Waals surface area contributed by atoms with Crippen LogP contribution >= 0.6 is 34.7 Å². The molecular weight excluding hydrogens is 464 g/mol. The molecule has 4 aromatic rings. The van der Waals surface area contributed by atoms with Crippen molar-refractivity contribution in [1.29, 1.82) is 0 Å². The van der Waals surface area contributed by atoms with Gasteiger partial charge in [-0.05, 0) is 47.9 Å². The number of amides is 1. The lowest BCUT2D eigenvalue weighted by Crippen LogP contribution is -2.30. The normalized spacial score (nSPS) is 15.1. The molecule has 1 aliphatic heterocycles. The van der Waals surface area contributed by atoms with Crippen LogP contribution in [0.3, 0.4) is 0 Å². The molecule has 160 valence electrons. The Morgan fingerprint density at radius 3 is 2.88 bits per heavy atom. The van der Waals surface area contributed by atoms with Gasteiger partial charge < -0.3 is 9.14 Å². The maximum absolute atomic E-state index is 13.3. The summed E-state index contributed by atoms with van der Waals surface area (Å²) in [5, 5.41) is 2.98. The first-order valence-corrected chi connectivity index (χ1v) is 11.9. The van der Waals surface area contributed by atoms with Crippen LogP contribution in [0.25, 0.3) is 11.7 Å². The highest BCUT2D eigenvalue weighted by Gasteiger charge is 2.32. The van der Waals surface area contributed by atoms with Gasteiger partial charge in [0.1, 0.15) is 17.1 Å². The Balaban J connectivity index is 1.47. The summed E-state index contributed by atoms with van der Waals surface area (Å²) in [7, 11) is 1.56. The fraction of sp³-hybridized carbons (Fsp3) is 0.0870. The first-order valence-electron chi connectivity index (χ1n) is 9.69. The summed E-state index contributed by atoms with van der Waals surface area (Å²) in [6, 6.07) is 15.0. The lowest BCUT2D eigenvalue weighted by Gasteiger charge is -2.18. The molecule has 0 unspecified atom stereocenters. The zero-order valence-corrected chi connectivity index (χ0v) is 19.3. The molecule has 0 atom stereocenters. The standard InChI is InChI=1S/C23H17ClN4O2S2/c1-30-20-8-7-16(11-18(20)24)28-22(29)19(12-17-5-4-10-31-17)26-23(28)32-14-15-13-27-9-3-2-6-21(27)25-15/h2-13H,14H2,1H3. The van der Waals surface area contributed by atoms with Crippen molar-refractivity contribution in [3.63, 3.8) is 0 Å². The Kier molecular flexibility index (Phi) is 5.73. The molecule has 1 amide bonds. The van der Waals surface area contributed by atoms with Crippen LogP contribution in [-0.2, 0) is 10.5 Å². The summed E-state index contributed by atoms with van der Waals surface area (Å²) in [5.41, 5.74) is 2.80. The van der Waals surface area contributed by atoms with Crippen LogP contribution in [0, 0.1) is 0 Å². The number of carbonyl (C=O) groups is 1. The number of nitrogens with zero attached hydrogens (tertiary/aromatic N) is 4. The molecule has 0 fully saturated rings. The van der Waals surface area contributed by atoms with E-state index in [0.717, 1.165) is 16.2 Å². The van der Waals surface area contributed by atoms with Gasteiger partial charge in [0.25, 0.3) is 5.91 Å². The van der Waals surface area contributed by atoms with Crippen molar-refractivity contribution in [3.8, 4) is 5.75 Å². The van der Waals surface area contributed by atoms with Crippen LogP contribution in [0.1, 0.15) is 10.6 Å². The van der Waals surface area contributed by atoms with E-state index in [-0.39, 0.29) is 5.91 Å². The number of carbonyl (C=O) groups excluding carboxylic acids is 1. The van der Waals surface area contributed by atoms with Gasteiger partial charge in [-0.15, -0.1) is 11.3 Å². The molecule has 0 aliphatic carbocycles. The highest BCUT2D eigenvalue weighted by atomic mass is 35.5. The number of thiophene rings is 1. The molecular formula is C23H17ClN4O2S2. The second-order valence-corrected chi connectivity index (χ2v) is 9.21. The molecule has 0 bridgehead atoms. The van der Waals surface area contributed by atoms with Gasteiger partial charge in [0.05, 0.1) is 23.5 Å². The average molecular weight is 481 g/mol. The predicted octanol–water partition coefficient (Wildman–Crippen LogP) is 5.73. The van der Waals surface area contributed by atoms with Crippen molar-refractivity contribution in [2.24, 2.45) is 4.99 Å². The number of anilines is 1. The molecule has 1 aliphatic rings. The number of rotatable bonds is 5. The number of benzene rings is 1. The molecule has 6 nitrogen and oxygen atoms in total. The minimum atomic E-state index is -0.197. The highest BCUT2D eigenvalue weighted by Crippen LogP contribution is 2.35. The van der Waals surface area contributed by atoms with E-state index in [4.69, 9.17) is 16.3 Å². The van der Waals surface area contributed by atoms with E-state index in [1.54, 1.807) is 41.5 Å². The first-order chi connectivity index (χ1) is 15.6. The van der Waals surface area contributed by atoms with E-state index in [9.17, 15) is 4.79 Å². The number of amidine groups is 1. The molecule has 0 radical (unpaired) electrons. The van der Waals surface area contributed by atoms with Crippen molar-refractivity contribution in [1.82, 2.24) is 9.38 Å². The van der Waals surface area contributed by atoms with Gasteiger partial charge >= 0.3 is 0 Å². The van der Waals surface area contributed by atoms with Crippen molar-refractivity contribution in [2.45, 2.75) is 5.75 Å². The molecule has 32 heavy (non-hydrogen) atoms. The van der Waals surface area contributed by atoms with E-state index < -0.39 is 0 Å². The summed E-state index contributed by atoms with van der Waals surface area (Å²) in [4.78, 5) is 25.2. The van der Waals surface area contributed by atoms with Crippen molar-refractivity contribution in [2.75, 3.05) is 12.0 Å². The zero-order chi connectivity index (χ0) is 22.1. The third-order valence-corrected chi connectivity index (χ3v) is 6.90. The lowest BCUT2D eigenvalue weighted by atomic mass is 10.2. The second kappa shape index (κ2) is 8.82. The Morgan fingerprint density at radius 1 is 1.22 bits per heavy atom. The number of fused-ring (bicyclic) bond motifs is 1. The minimum absolute atomic E-state index is 0.197. The quantitative estimate of drug-likeness (QED) is 0.342. The molecule has 0 saturated carbocycles. The molecule has 3 aromatic heterocycles. The number of thioether (sulfide) groups is 1. The van der Waals surface area contributed by atoms with E-state index in [2.05, 4.69) is 9.98 Å². The van der Waals surface area contributed by atoms with Crippen LogP contribution in [-0.4, -0.2) is 27.6 Å². The van der Waals surface area contributed by atoms with Gasteiger partial charge in [0.2, 0.25) is 0 Å². The fourth-order valence-corrected chi connectivity index (χ4v) is 5.12. The molecule has 5 rings (SSSR count). The van der Waals surface area contributed by atoms with E-state index >= 15 is 0 Å². The molecule has 1 aromatic carbocycles. The van der Waals surface area contributed by atoms with E-state index in [0.29, 0.717) is 33.1 Å². The van der Waals surface area contributed by atoms with Crippen molar-refractivity contribution >= 4 is 63.2 Å². The maximum Gasteiger partial charge on any atom is 0.283 e. The van der Waals surface area contributed by atoms with Crippen LogP contribution in [0.2, 0.25) is 5.02 Å². The summed E-state index contributed by atoms with van der Waals surface area (Å²) in [6.07, 6.45) is 5.75. The van der Waals surface area contributed by atoms with Gasteiger partial charge in [-0.1, -0.05) is 35.5 Å². The highest BCUT2D eigenvalue weighted by molar-refractivity contribution is 8.13. The smallest absolute Gasteiger partial charge is 0.283 e. The summed E-state index contributed by atoms with van der Waals surface area (Å²) in [5.74, 6) is 0.921. The number of pyridine rings is 1. The topological polar surface area (TPSA) is 59.2 Å². The van der Waals surface area contributed by atoms with Crippen molar-refractivity contribution in [3.05, 3.63) is 87.6 Å². The summed E-state index contributed by atoms with van der Waals surface area (Å²) < 4.78 is 7.22. The largest absolute Gasteiger partial charge is 0.495 e. The number of imidazole rings is 1. The van der Waals surface area contributed by atoms with Crippen LogP contribution < -0.4 is 9.64 Å². The Labute approximate surface area is 197 Å². The molecule has 0 spiro atoms. The second-order valence-electron chi connectivity index (χ2n) is 6.89. The number of halogens is 1. The summed E-state index contributed by atoms with van der Waals surface area (Å²) in [6.45, 7) is 0. The SMILES string of the molecule is COc1ccc(N2C(=O)C(=Cc3cccs3)N=C2SCc2cn3ccccc3n2)cc1Cl. The third kappa shape index (κ3) is 4.04. The van der Waals surface area contributed by atoms with Crippen molar-refractivity contribution < 1.29 is 9.53 Å². The first kappa shape index (κ1) is 20.8. The number of hydrogen-bond donors (Lipinski definition) is 0. The lowest BCUT2D eigenvalue weighted by molar-refractivity contribution is -0.113. The van der Waals surface area contributed by atoms with Gasteiger partial charge in [0.15, 0.2) is 5.17 Å². The van der Waals surface area contributed by atoms with Crippen LogP contribution in [0.5, 0.6) is 5.75 Å². The van der Waals surface area contributed by atoms with Gasteiger partial charge in [-0.25, -0.2) is 9.98 Å². The fourth-order valence-electron chi connectivity index (χ4n) is 3.32. The minimum Gasteiger partial charge on any atom is -0.495 e. The maximum atomic E-state index is 13.3. The average Bonchev–Trinajstić information content (AvgIpc) is 3.52. The third-order valence-electron chi connectivity index (χ3n) is 4.81. The molecule has 4 heterocycles. The number of methoxy groups -OCH3 is 1. The Bertz CT molecular complexity index is 1330. The summed E-state index contributed by atoms with van der Waals surface area (Å²) >= 11 is 9.35. The number of aliphatic imine (C=N–C) groups is 1. The van der Waals surface area contributed by atoms with Crippen LogP contribution in [0.15, 0.2) is 77.0 Å². The molecule has 9 heteroatoms.